The molecule has 0 atom stereocenters. The molecule has 8 nitrogen and oxygen atoms in total. The van der Waals surface area contributed by atoms with E-state index in [0.29, 0.717) is 25.7 Å². The van der Waals surface area contributed by atoms with Crippen LogP contribution >= 0.6 is 0 Å². The minimum Gasteiger partial charge on any atom is -0.489 e. The lowest BCUT2D eigenvalue weighted by Gasteiger charge is -2.29. The second-order valence-corrected chi connectivity index (χ2v) is 6.17. The summed E-state index contributed by atoms with van der Waals surface area (Å²) in [6, 6.07) is 2.06. The van der Waals surface area contributed by atoms with Crippen LogP contribution in [0.5, 0.6) is 5.75 Å². The highest BCUT2D eigenvalue weighted by Gasteiger charge is 2.35. The van der Waals surface area contributed by atoms with Crippen molar-refractivity contribution < 1.29 is 22.7 Å². The van der Waals surface area contributed by atoms with E-state index in [0.717, 1.165) is 12.3 Å². The molecule has 0 spiro atoms. The normalized spacial score (nSPS) is 20.0. The van der Waals surface area contributed by atoms with E-state index in [-0.39, 0.29) is 23.6 Å². The molecule has 11 heteroatoms. The van der Waals surface area contributed by atoms with E-state index in [1.54, 1.807) is 7.05 Å². The van der Waals surface area contributed by atoms with Crippen molar-refractivity contribution >= 4 is 5.91 Å². The second kappa shape index (κ2) is 9.16. The Hall–Kier alpha value is -3.16. The number of ether oxygens (including phenoxy) is 1. The lowest BCUT2D eigenvalue weighted by Crippen LogP contribution is -2.40. The number of carbonyl (C=O) groups is 1. The lowest BCUT2D eigenvalue weighted by atomic mass is 9.93. The maximum absolute atomic E-state index is 13.0. The van der Waals surface area contributed by atoms with Gasteiger partial charge in [0.15, 0.2) is 11.4 Å². The number of aromatic nitrogens is 1. The summed E-state index contributed by atoms with van der Waals surface area (Å²) in [6.07, 6.45) is -0.420. The monoisotopic (exact) mass is 396 g/mol. The molecule has 0 radical (unpaired) electrons. The van der Waals surface area contributed by atoms with Crippen molar-refractivity contribution in [3.8, 4) is 11.8 Å². The number of hydrogen-bond acceptors (Lipinski definition) is 7. The van der Waals surface area contributed by atoms with Crippen LogP contribution < -0.4 is 15.4 Å². The molecule has 1 aromatic rings. The first-order valence-electron chi connectivity index (χ1n) is 8.48. The van der Waals surface area contributed by atoms with Gasteiger partial charge < -0.3 is 15.4 Å². The van der Waals surface area contributed by atoms with Gasteiger partial charge in [-0.2, -0.15) is 23.5 Å². The summed E-state index contributed by atoms with van der Waals surface area (Å²) < 4.78 is 44.6. The number of rotatable bonds is 6. The van der Waals surface area contributed by atoms with Crippen molar-refractivity contribution in [1.29, 1.82) is 10.8 Å². The van der Waals surface area contributed by atoms with Gasteiger partial charge in [0.05, 0.1) is 17.9 Å². The Kier molecular flexibility index (Phi) is 6.92. The van der Waals surface area contributed by atoms with Gasteiger partial charge in [0.25, 0.3) is 5.91 Å². The highest BCUT2D eigenvalue weighted by molar-refractivity contribution is 5.92. The predicted octanol–water partition coefficient (Wildman–Crippen LogP) is 2.87. The first-order valence-corrected chi connectivity index (χ1v) is 8.48. The molecule has 1 aromatic heterocycles. The number of carbonyl (C=O) groups excluding carboxylic acids is 1. The Bertz CT molecular complexity index is 795. The van der Waals surface area contributed by atoms with Crippen molar-refractivity contribution in [3.05, 3.63) is 35.4 Å². The maximum Gasteiger partial charge on any atom is 0.419 e. The summed E-state index contributed by atoms with van der Waals surface area (Å²) in [4.78, 5) is 15.5. The zero-order chi connectivity index (χ0) is 20.7. The van der Waals surface area contributed by atoms with E-state index in [1.807, 2.05) is 0 Å². The first-order chi connectivity index (χ1) is 13.3. The maximum atomic E-state index is 13.0. The highest BCUT2D eigenvalue weighted by atomic mass is 19.4. The minimum absolute atomic E-state index is 0.0499. The first kappa shape index (κ1) is 21.1. The largest absolute Gasteiger partial charge is 0.489 e. The zero-order valence-electron chi connectivity index (χ0n) is 15.0. The number of alkyl halides is 3. The molecule has 3 N–H and O–H groups in total. The zero-order valence-corrected chi connectivity index (χ0v) is 15.0. The molecule has 1 heterocycles. The van der Waals surface area contributed by atoms with E-state index in [4.69, 9.17) is 15.5 Å². The van der Waals surface area contributed by atoms with Crippen molar-refractivity contribution in [1.82, 2.24) is 15.6 Å². The summed E-state index contributed by atoms with van der Waals surface area (Å²) in [7, 11) is 1.59. The van der Waals surface area contributed by atoms with Crippen LogP contribution in [0.15, 0.2) is 29.3 Å². The molecule has 2 rings (SSSR count). The average molecular weight is 396 g/mol. The van der Waals surface area contributed by atoms with Crippen LogP contribution in [0.2, 0.25) is 0 Å². The topological polar surface area (TPSA) is 123 Å². The summed E-state index contributed by atoms with van der Waals surface area (Å²) in [5, 5.41) is 17.3. The second-order valence-electron chi connectivity index (χ2n) is 6.17. The molecular weight excluding hydrogens is 377 g/mol. The molecule has 1 aliphatic rings. The van der Waals surface area contributed by atoms with Gasteiger partial charge in [-0.25, -0.2) is 10.5 Å². The quantitative estimate of drug-likeness (QED) is 0.504. The SMILES string of the molecule is CN/C=C(\N=N)C(=O)N[C@H]1CC[C@H](Oc2cnc(C#N)c(C(F)(F)F)c2)CC1. The third kappa shape index (κ3) is 5.42. The van der Waals surface area contributed by atoms with Crippen LogP contribution in [-0.4, -0.2) is 30.1 Å². The lowest BCUT2D eigenvalue weighted by molar-refractivity contribution is -0.138. The molecule has 1 fully saturated rings. The van der Waals surface area contributed by atoms with Crippen LogP contribution in [0.1, 0.15) is 36.9 Å². The van der Waals surface area contributed by atoms with Crippen LogP contribution in [0.3, 0.4) is 0 Å². The molecule has 0 aliphatic heterocycles. The van der Waals surface area contributed by atoms with Gasteiger partial charge in [-0.3, -0.25) is 4.79 Å². The number of hydrogen-bond donors (Lipinski definition) is 3. The standard InChI is InChI=1S/C17H19F3N6O2/c1-23-9-15(26-22)16(27)25-10-2-4-11(5-3-10)28-12-6-13(17(18,19)20)14(7-21)24-8-12/h6,8-11,22-23H,2-5H2,1H3,(H,25,27)/b15-9-,26-22?/t10-,11-. The van der Waals surface area contributed by atoms with Crippen LogP contribution in [0.25, 0.3) is 0 Å². The smallest absolute Gasteiger partial charge is 0.419 e. The Morgan fingerprint density at radius 2 is 2.11 bits per heavy atom. The fraction of sp³-hybridized carbons (Fsp3) is 0.471. The summed E-state index contributed by atoms with van der Waals surface area (Å²) >= 11 is 0. The van der Waals surface area contributed by atoms with Gasteiger partial charge in [0.1, 0.15) is 11.8 Å². The van der Waals surface area contributed by atoms with Gasteiger partial charge in [-0.15, -0.1) is 0 Å². The van der Waals surface area contributed by atoms with Gasteiger partial charge >= 0.3 is 6.18 Å². The summed E-state index contributed by atoms with van der Waals surface area (Å²) in [5.74, 6) is -0.522. The third-order valence-electron chi connectivity index (χ3n) is 4.22. The minimum atomic E-state index is -4.69. The number of nitrogens with one attached hydrogen (secondary N) is 3. The number of nitriles is 1. The van der Waals surface area contributed by atoms with Gasteiger partial charge in [0, 0.05) is 19.3 Å². The molecule has 28 heavy (non-hydrogen) atoms. The number of halogens is 3. The van der Waals surface area contributed by atoms with Crippen LogP contribution in [0.4, 0.5) is 13.2 Å². The van der Waals surface area contributed by atoms with Gasteiger partial charge in [-0.05, 0) is 31.7 Å². The fourth-order valence-corrected chi connectivity index (χ4v) is 2.88. The van der Waals surface area contributed by atoms with Crippen molar-refractivity contribution in [3.63, 3.8) is 0 Å². The molecule has 1 saturated carbocycles. The van der Waals surface area contributed by atoms with E-state index in [9.17, 15) is 18.0 Å². The number of amides is 1. The Morgan fingerprint density at radius 3 is 2.64 bits per heavy atom. The van der Waals surface area contributed by atoms with Crippen molar-refractivity contribution in [2.24, 2.45) is 5.11 Å². The molecule has 0 bridgehead atoms. The Morgan fingerprint density at radius 1 is 1.43 bits per heavy atom. The Labute approximate surface area is 159 Å². The summed E-state index contributed by atoms with van der Waals surface area (Å²) in [5.41, 5.74) is 5.11. The van der Waals surface area contributed by atoms with Crippen molar-refractivity contribution in [2.45, 2.75) is 44.0 Å². The van der Waals surface area contributed by atoms with Gasteiger partial charge in [-0.1, -0.05) is 0 Å². The predicted molar refractivity (Wildman–Crippen MR) is 91.1 cm³/mol. The average Bonchev–Trinajstić information content (AvgIpc) is 2.66. The fourth-order valence-electron chi connectivity index (χ4n) is 2.88. The molecule has 1 amide bonds. The molecule has 0 aromatic carbocycles. The van der Waals surface area contributed by atoms with E-state index >= 15 is 0 Å². The molecule has 1 aliphatic carbocycles. The van der Waals surface area contributed by atoms with E-state index in [1.165, 1.54) is 12.3 Å². The molecular formula is C17H19F3N6O2. The van der Waals surface area contributed by atoms with E-state index < -0.39 is 23.3 Å². The van der Waals surface area contributed by atoms with Crippen LogP contribution in [-0.2, 0) is 11.0 Å². The third-order valence-corrected chi connectivity index (χ3v) is 4.22. The highest BCUT2D eigenvalue weighted by Crippen LogP contribution is 2.34. The molecule has 0 saturated heterocycles. The van der Waals surface area contributed by atoms with Crippen LogP contribution in [0, 0.1) is 16.9 Å². The Balaban J connectivity index is 1.94. The number of nitrogens with zero attached hydrogens (tertiary/aromatic N) is 3. The summed E-state index contributed by atoms with van der Waals surface area (Å²) in [6.45, 7) is 0. The number of pyridine rings is 1. The molecule has 0 unspecified atom stereocenters. The van der Waals surface area contributed by atoms with Gasteiger partial charge in [0.2, 0.25) is 0 Å². The van der Waals surface area contributed by atoms with E-state index in [2.05, 4.69) is 20.7 Å². The van der Waals surface area contributed by atoms with Crippen molar-refractivity contribution in [2.75, 3.05) is 7.05 Å². The molecule has 150 valence electrons.